The molecule has 0 radical (unpaired) electrons. The summed E-state index contributed by atoms with van der Waals surface area (Å²) < 4.78 is 4.92. The Kier molecular flexibility index (Phi) is 4.58. The van der Waals surface area contributed by atoms with E-state index in [0.717, 1.165) is 19.6 Å². The van der Waals surface area contributed by atoms with Crippen LogP contribution in [-0.4, -0.2) is 37.1 Å². The zero-order valence-corrected chi connectivity index (χ0v) is 10.2. The average molecular weight is 213 g/mol. The molecule has 1 aliphatic rings. The van der Waals surface area contributed by atoms with Crippen molar-refractivity contribution in [3.8, 4) is 0 Å². The maximum atomic E-state index is 11.2. The van der Waals surface area contributed by atoms with Gasteiger partial charge in [0.15, 0.2) is 0 Å². The molecule has 0 aromatic rings. The van der Waals surface area contributed by atoms with Gasteiger partial charge in [-0.1, -0.05) is 13.8 Å². The van der Waals surface area contributed by atoms with Gasteiger partial charge in [-0.3, -0.25) is 4.79 Å². The van der Waals surface area contributed by atoms with E-state index in [9.17, 15) is 4.79 Å². The molecule has 0 aromatic heterocycles. The van der Waals surface area contributed by atoms with E-state index in [0.29, 0.717) is 18.4 Å². The van der Waals surface area contributed by atoms with Crippen LogP contribution >= 0.6 is 0 Å². The number of ether oxygens (including phenoxy) is 1. The van der Waals surface area contributed by atoms with Crippen LogP contribution in [0.4, 0.5) is 0 Å². The molecule has 0 amide bonds. The second-order valence-corrected chi connectivity index (χ2v) is 5.10. The van der Waals surface area contributed by atoms with Gasteiger partial charge in [0.1, 0.15) is 0 Å². The van der Waals surface area contributed by atoms with Crippen molar-refractivity contribution in [1.82, 2.24) is 4.90 Å². The van der Waals surface area contributed by atoms with E-state index in [1.54, 1.807) is 0 Å². The van der Waals surface area contributed by atoms with Crippen LogP contribution in [0.1, 0.15) is 40.0 Å². The van der Waals surface area contributed by atoms with E-state index in [4.69, 9.17) is 4.74 Å². The molecule has 88 valence electrons. The number of rotatable bonds is 4. The molecule has 0 unspecified atom stereocenters. The zero-order valence-electron chi connectivity index (χ0n) is 10.2. The van der Waals surface area contributed by atoms with Gasteiger partial charge in [-0.15, -0.1) is 0 Å². The molecule has 3 nitrogen and oxygen atoms in total. The van der Waals surface area contributed by atoms with Crippen molar-refractivity contribution in [2.45, 2.75) is 40.0 Å². The van der Waals surface area contributed by atoms with Crippen LogP contribution in [0, 0.1) is 5.41 Å². The molecule has 1 heterocycles. The Morgan fingerprint density at radius 1 is 1.47 bits per heavy atom. The second-order valence-electron chi connectivity index (χ2n) is 5.10. The van der Waals surface area contributed by atoms with Crippen LogP contribution in [0.15, 0.2) is 0 Å². The minimum atomic E-state index is -0.0686. The minimum absolute atomic E-state index is 0.0686. The molecule has 1 saturated heterocycles. The van der Waals surface area contributed by atoms with Crippen molar-refractivity contribution in [1.29, 1.82) is 0 Å². The summed E-state index contributed by atoms with van der Waals surface area (Å²) in [6.07, 6.45) is 3.07. The third-order valence-electron chi connectivity index (χ3n) is 2.92. The number of hydrogen-bond acceptors (Lipinski definition) is 3. The molecule has 1 aliphatic heterocycles. The van der Waals surface area contributed by atoms with Crippen molar-refractivity contribution in [3.05, 3.63) is 0 Å². The summed E-state index contributed by atoms with van der Waals surface area (Å²) in [4.78, 5) is 13.6. The van der Waals surface area contributed by atoms with Crippen molar-refractivity contribution in [2.24, 2.45) is 5.41 Å². The molecule has 0 spiro atoms. The van der Waals surface area contributed by atoms with Crippen LogP contribution in [0.5, 0.6) is 0 Å². The first-order valence-corrected chi connectivity index (χ1v) is 5.91. The van der Waals surface area contributed by atoms with Crippen LogP contribution < -0.4 is 0 Å². The highest BCUT2D eigenvalue weighted by Gasteiger charge is 2.26. The Morgan fingerprint density at radius 3 is 2.80 bits per heavy atom. The highest BCUT2D eigenvalue weighted by molar-refractivity contribution is 5.69. The van der Waals surface area contributed by atoms with Crippen LogP contribution in [0.2, 0.25) is 0 Å². The van der Waals surface area contributed by atoms with Gasteiger partial charge >= 0.3 is 5.97 Å². The van der Waals surface area contributed by atoms with E-state index < -0.39 is 0 Å². The van der Waals surface area contributed by atoms with Gasteiger partial charge < -0.3 is 9.64 Å². The van der Waals surface area contributed by atoms with Gasteiger partial charge in [0.25, 0.3) is 0 Å². The summed E-state index contributed by atoms with van der Waals surface area (Å²) in [7, 11) is 0. The molecular formula is C12H23NO2. The summed E-state index contributed by atoms with van der Waals surface area (Å²) >= 11 is 0. The topological polar surface area (TPSA) is 29.5 Å². The fourth-order valence-corrected chi connectivity index (χ4v) is 2.22. The number of likely N-dealkylation sites (tertiary alicyclic amines) is 1. The summed E-state index contributed by atoms with van der Waals surface area (Å²) in [6, 6.07) is 0. The number of carbonyl (C=O) groups excluding carboxylic acids is 1. The zero-order chi connectivity index (χ0) is 11.3. The number of esters is 1. The highest BCUT2D eigenvalue weighted by atomic mass is 16.5. The van der Waals surface area contributed by atoms with Crippen molar-refractivity contribution in [3.63, 3.8) is 0 Å². The van der Waals surface area contributed by atoms with Crippen molar-refractivity contribution in [2.75, 3.05) is 26.2 Å². The summed E-state index contributed by atoms with van der Waals surface area (Å²) in [6.45, 7) is 10.0. The highest BCUT2D eigenvalue weighted by Crippen LogP contribution is 2.28. The van der Waals surface area contributed by atoms with Gasteiger partial charge in [-0.25, -0.2) is 0 Å². The first kappa shape index (κ1) is 12.5. The Balaban J connectivity index is 2.24. The maximum Gasteiger partial charge on any atom is 0.307 e. The van der Waals surface area contributed by atoms with Gasteiger partial charge in [-0.2, -0.15) is 0 Å². The quantitative estimate of drug-likeness (QED) is 0.669. The lowest BCUT2D eigenvalue weighted by Crippen LogP contribution is -2.41. The van der Waals surface area contributed by atoms with Crippen molar-refractivity contribution < 1.29 is 9.53 Å². The maximum absolute atomic E-state index is 11.2. The molecule has 1 fully saturated rings. The second kappa shape index (κ2) is 5.50. The Morgan fingerprint density at radius 2 is 2.20 bits per heavy atom. The fraction of sp³-hybridized carbons (Fsp3) is 0.917. The molecule has 0 saturated carbocycles. The van der Waals surface area contributed by atoms with Crippen LogP contribution in [-0.2, 0) is 9.53 Å². The van der Waals surface area contributed by atoms with Gasteiger partial charge in [0, 0.05) is 13.1 Å². The van der Waals surface area contributed by atoms with E-state index in [-0.39, 0.29) is 5.97 Å². The fourth-order valence-electron chi connectivity index (χ4n) is 2.22. The number of piperidine rings is 1. The van der Waals surface area contributed by atoms with E-state index >= 15 is 0 Å². The third-order valence-corrected chi connectivity index (χ3v) is 2.92. The SMILES string of the molecule is CCOC(=O)CCN1CCCC(C)(C)C1. The lowest BCUT2D eigenvalue weighted by atomic mass is 9.84. The molecule has 0 aromatic carbocycles. The number of hydrogen-bond donors (Lipinski definition) is 0. The molecule has 3 heteroatoms. The average Bonchev–Trinajstić information content (AvgIpc) is 2.14. The largest absolute Gasteiger partial charge is 0.466 e. The smallest absolute Gasteiger partial charge is 0.307 e. The number of nitrogens with zero attached hydrogens (tertiary/aromatic N) is 1. The Labute approximate surface area is 92.8 Å². The van der Waals surface area contributed by atoms with Crippen molar-refractivity contribution >= 4 is 5.97 Å². The molecule has 0 aliphatic carbocycles. The molecule has 0 N–H and O–H groups in total. The lowest BCUT2D eigenvalue weighted by Gasteiger charge is -2.37. The Bertz CT molecular complexity index is 214. The minimum Gasteiger partial charge on any atom is -0.466 e. The Hall–Kier alpha value is -0.570. The molecular weight excluding hydrogens is 190 g/mol. The monoisotopic (exact) mass is 213 g/mol. The molecule has 1 rings (SSSR count). The standard InChI is InChI=1S/C12H23NO2/c1-4-15-11(14)6-9-13-8-5-7-12(2,3)10-13/h4-10H2,1-3H3. The van der Waals surface area contributed by atoms with Gasteiger partial charge in [0.2, 0.25) is 0 Å². The van der Waals surface area contributed by atoms with E-state index in [1.165, 1.54) is 12.8 Å². The predicted octanol–water partition coefficient (Wildman–Crippen LogP) is 2.06. The molecule has 0 bridgehead atoms. The lowest BCUT2D eigenvalue weighted by molar-refractivity contribution is -0.143. The van der Waals surface area contributed by atoms with E-state index in [1.807, 2.05) is 6.92 Å². The van der Waals surface area contributed by atoms with E-state index in [2.05, 4.69) is 18.7 Å². The first-order valence-electron chi connectivity index (χ1n) is 5.91. The van der Waals surface area contributed by atoms with Gasteiger partial charge in [0.05, 0.1) is 13.0 Å². The first-order chi connectivity index (χ1) is 7.03. The summed E-state index contributed by atoms with van der Waals surface area (Å²) in [5, 5.41) is 0. The summed E-state index contributed by atoms with van der Waals surface area (Å²) in [5.74, 6) is -0.0686. The predicted molar refractivity (Wildman–Crippen MR) is 60.7 cm³/mol. The number of carbonyl (C=O) groups is 1. The molecule has 0 atom stereocenters. The van der Waals surface area contributed by atoms with Crippen LogP contribution in [0.25, 0.3) is 0 Å². The third kappa shape index (κ3) is 4.65. The normalized spacial score (nSPS) is 21.3. The van der Waals surface area contributed by atoms with Crippen LogP contribution in [0.3, 0.4) is 0 Å². The van der Waals surface area contributed by atoms with Gasteiger partial charge in [-0.05, 0) is 31.7 Å². The summed E-state index contributed by atoms with van der Waals surface area (Å²) in [5.41, 5.74) is 0.410. The molecule has 15 heavy (non-hydrogen) atoms.